The van der Waals surface area contributed by atoms with E-state index in [1.165, 1.54) is 18.3 Å². The number of hydrogen-bond donors (Lipinski definition) is 2. The molecule has 128 valence electrons. The van der Waals surface area contributed by atoms with Crippen LogP contribution >= 0.6 is 11.6 Å². The van der Waals surface area contributed by atoms with E-state index >= 15 is 0 Å². The van der Waals surface area contributed by atoms with Crippen molar-refractivity contribution >= 4 is 33.5 Å². The second-order valence-electron chi connectivity index (χ2n) is 5.15. The van der Waals surface area contributed by atoms with Crippen molar-refractivity contribution in [2.45, 2.75) is 4.90 Å². The van der Waals surface area contributed by atoms with Crippen molar-refractivity contribution < 1.29 is 12.8 Å². The average molecular weight is 376 g/mol. The lowest BCUT2D eigenvalue weighted by atomic mass is 10.2. The maximum Gasteiger partial charge on any atom is 0.238 e. The minimum absolute atomic E-state index is 0.0410. The minimum Gasteiger partial charge on any atom is -0.455 e. The molecule has 1 heterocycles. The molecule has 25 heavy (non-hydrogen) atoms. The Morgan fingerprint density at radius 2 is 1.84 bits per heavy atom. The third-order valence-corrected chi connectivity index (χ3v) is 4.47. The van der Waals surface area contributed by atoms with Gasteiger partial charge in [0.2, 0.25) is 10.0 Å². The lowest BCUT2D eigenvalue weighted by Gasteiger charge is -2.01. The molecule has 3 rings (SSSR count). The van der Waals surface area contributed by atoms with E-state index in [0.29, 0.717) is 22.2 Å². The van der Waals surface area contributed by atoms with Crippen molar-refractivity contribution in [3.05, 3.63) is 71.4 Å². The number of hydrazone groups is 1. The van der Waals surface area contributed by atoms with Crippen molar-refractivity contribution in [3.63, 3.8) is 0 Å². The summed E-state index contributed by atoms with van der Waals surface area (Å²) < 4.78 is 28.1. The van der Waals surface area contributed by atoms with Crippen LogP contribution in [0, 0.1) is 0 Å². The third kappa shape index (κ3) is 4.48. The quantitative estimate of drug-likeness (QED) is 0.524. The maximum atomic E-state index is 11.2. The molecule has 8 heteroatoms. The Bertz CT molecular complexity index is 1010. The van der Waals surface area contributed by atoms with E-state index in [1.807, 2.05) is 24.3 Å². The molecule has 1 aromatic heterocycles. The van der Waals surface area contributed by atoms with E-state index in [4.69, 9.17) is 21.2 Å². The predicted octanol–water partition coefficient (Wildman–Crippen LogP) is 3.69. The summed E-state index contributed by atoms with van der Waals surface area (Å²) in [6.45, 7) is 0. The van der Waals surface area contributed by atoms with Crippen LogP contribution in [-0.4, -0.2) is 14.6 Å². The number of sulfonamides is 1. The van der Waals surface area contributed by atoms with Gasteiger partial charge in [-0.3, -0.25) is 5.43 Å². The molecule has 6 nitrogen and oxygen atoms in total. The summed E-state index contributed by atoms with van der Waals surface area (Å²) in [6, 6.07) is 16.9. The molecule has 0 amide bonds. The average Bonchev–Trinajstić information content (AvgIpc) is 3.03. The summed E-state index contributed by atoms with van der Waals surface area (Å²) in [5, 5.41) is 9.73. The van der Waals surface area contributed by atoms with Gasteiger partial charge in [0, 0.05) is 10.6 Å². The third-order valence-electron chi connectivity index (χ3n) is 3.30. The molecule has 0 radical (unpaired) electrons. The van der Waals surface area contributed by atoms with E-state index in [2.05, 4.69) is 10.5 Å². The van der Waals surface area contributed by atoms with Crippen LogP contribution in [0.2, 0.25) is 5.02 Å². The number of hydrogen-bond acceptors (Lipinski definition) is 5. The molecule has 2 aromatic carbocycles. The highest BCUT2D eigenvalue weighted by molar-refractivity contribution is 7.89. The number of furan rings is 1. The number of nitrogens with two attached hydrogens (primary N) is 1. The Labute approximate surface area is 150 Å². The van der Waals surface area contributed by atoms with Gasteiger partial charge in [-0.05, 0) is 48.5 Å². The molecule has 0 bridgehead atoms. The first-order valence-corrected chi connectivity index (χ1v) is 9.12. The van der Waals surface area contributed by atoms with Crippen LogP contribution in [-0.2, 0) is 10.0 Å². The van der Waals surface area contributed by atoms with E-state index < -0.39 is 10.0 Å². The van der Waals surface area contributed by atoms with Gasteiger partial charge in [-0.15, -0.1) is 0 Å². The van der Waals surface area contributed by atoms with E-state index in [0.717, 1.165) is 5.56 Å². The predicted molar refractivity (Wildman–Crippen MR) is 98.2 cm³/mol. The first kappa shape index (κ1) is 17.2. The van der Waals surface area contributed by atoms with Gasteiger partial charge in [-0.1, -0.05) is 23.7 Å². The van der Waals surface area contributed by atoms with Gasteiger partial charge in [-0.2, -0.15) is 5.10 Å². The second kappa shape index (κ2) is 7.10. The van der Waals surface area contributed by atoms with Crippen molar-refractivity contribution in [1.82, 2.24) is 0 Å². The van der Waals surface area contributed by atoms with Crippen molar-refractivity contribution in [2.24, 2.45) is 10.2 Å². The van der Waals surface area contributed by atoms with Gasteiger partial charge >= 0.3 is 0 Å². The summed E-state index contributed by atoms with van der Waals surface area (Å²) in [5.41, 5.74) is 4.27. The Balaban J connectivity index is 1.67. The molecule has 3 aromatic rings. The highest BCUT2D eigenvalue weighted by atomic mass is 35.5. The molecule has 0 aliphatic rings. The SMILES string of the molecule is NS(=O)(=O)c1ccc(N/N=C\c2ccc(-c3cccc(Cl)c3)o2)cc1. The molecule has 0 saturated carbocycles. The van der Waals surface area contributed by atoms with Crippen LogP contribution < -0.4 is 10.6 Å². The highest BCUT2D eigenvalue weighted by Crippen LogP contribution is 2.24. The van der Waals surface area contributed by atoms with Gasteiger partial charge in [0.25, 0.3) is 0 Å². The largest absolute Gasteiger partial charge is 0.455 e. The second-order valence-corrected chi connectivity index (χ2v) is 7.15. The fourth-order valence-electron chi connectivity index (χ4n) is 2.11. The highest BCUT2D eigenvalue weighted by Gasteiger charge is 2.06. The molecule has 0 aliphatic heterocycles. The smallest absolute Gasteiger partial charge is 0.238 e. The van der Waals surface area contributed by atoms with Gasteiger partial charge in [0.1, 0.15) is 11.5 Å². The van der Waals surface area contributed by atoms with Crippen molar-refractivity contribution in [1.29, 1.82) is 0 Å². The Hall–Kier alpha value is -2.61. The van der Waals surface area contributed by atoms with E-state index in [9.17, 15) is 8.42 Å². The number of benzene rings is 2. The normalized spacial score (nSPS) is 11.8. The van der Waals surface area contributed by atoms with Crippen LogP contribution in [0.25, 0.3) is 11.3 Å². The zero-order chi connectivity index (χ0) is 17.9. The molecule has 0 saturated heterocycles. The molecule has 0 fully saturated rings. The number of rotatable bonds is 5. The van der Waals surface area contributed by atoms with E-state index in [1.54, 1.807) is 24.3 Å². The lowest BCUT2D eigenvalue weighted by Crippen LogP contribution is -2.11. The number of halogens is 1. The number of anilines is 1. The van der Waals surface area contributed by atoms with Crippen LogP contribution in [0.15, 0.2) is 75.1 Å². The van der Waals surface area contributed by atoms with Gasteiger partial charge in [0.15, 0.2) is 0 Å². The van der Waals surface area contributed by atoms with Crippen LogP contribution in [0.4, 0.5) is 5.69 Å². The van der Waals surface area contributed by atoms with Gasteiger partial charge in [-0.25, -0.2) is 13.6 Å². The topological polar surface area (TPSA) is 97.7 Å². The zero-order valence-corrected chi connectivity index (χ0v) is 14.5. The fourth-order valence-corrected chi connectivity index (χ4v) is 2.81. The van der Waals surface area contributed by atoms with Gasteiger partial charge < -0.3 is 4.42 Å². The van der Waals surface area contributed by atoms with E-state index in [-0.39, 0.29) is 4.90 Å². The maximum absolute atomic E-state index is 11.2. The molecule has 0 atom stereocenters. The summed E-state index contributed by atoms with van der Waals surface area (Å²) in [6.07, 6.45) is 1.52. The summed E-state index contributed by atoms with van der Waals surface area (Å²) >= 11 is 5.97. The fraction of sp³-hybridized carbons (Fsp3) is 0. The van der Waals surface area contributed by atoms with Crippen LogP contribution in [0.3, 0.4) is 0 Å². The van der Waals surface area contributed by atoms with Crippen molar-refractivity contribution in [3.8, 4) is 11.3 Å². The summed E-state index contributed by atoms with van der Waals surface area (Å²) in [7, 11) is -3.70. The molecule has 3 N–H and O–H groups in total. The first-order chi connectivity index (χ1) is 11.9. The van der Waals surface area contributed by atoms with Crippen LogP contribution in [0.5, 0.6) is 0 Å². The molecule has 0 spiro atoms. The summed E-state index contributed by atoms with van der Waals surface area (Å²) in [4.78, 5) is 0.0410. The monoisotopic (exact) mass is 375 g/mol. The van der Waals surface area contributed by atoms with Gasteiger partial charge in [0.05, 0.1) is 16.8 Å². The Morgan fingerprint density at radius 1 is 1.08 bits per heavy atom. The molecule has 0 unspecified atom stereocenters. The van der Waals surface area contributed by atoms with Crippen LogP contribution in [0.1, 0.15) is 5.76 Å². The lowest BCUT2D eigenvalue weighted by molar-refractivity contribution is 0.575. The first-order valence-electron chi connectivity index (χ1n) is 7.19. The number of primary sulfonamides is 1. The number of nitrogens with one attached hydrogen (secondary N) is 1. The standard InChI is InChI=1S/C17H14ClN3O3S/c18-13-3-1-2-12(10-13)17-9-6-15(24-17)11-20-21-14-4-7-16(8-5-14)25(19,22)23/h1-11,21H,(H2,19,22,23)/b20-11-. The molecular weight excluding hydrogens is 362 g/mol. The Kier molecular flexibility index (Phi) is 4.89. The minimum atomic E-state index is -3.70. The van der Waals surface area contributed by atoms with Crippen molar-refractivity contribution in [2.75, 3.05) is 5.43 Å². The number of nitrogens with zero attached hydrogens (tertiary/aromatic N) is 1. The Morgan fingerprint density at radius 3 is 2.52 bits per heavy atom. The molecular formula is C17H14ClN3O3S. The zero-order valence-electron chi connectivity index (χ0n) is 12.9. The molecule has 0 aliphatic carbocycles. The summed E-state index contributed by atoms with van der Waals surface area (Å²) in [5.74, 6) is 1.24.